The van der Waals surface area contributed by atoms with Gasteiger partial charge >= 0.3 is 0 Å². The normalized spacial score (nSPS) is 25.2. The molecule has 0 bridgehead atoms. The fraction of sp³-hybridized carbons (Fsp3) is 0.643. The lowest BCUT2D eigenvalue weighted by atomic mass is 10.0. The molecule has 0 amide bonds. The van der Waals surface area contributed by atoms with E-state index >= 15 is 0 Å². The predicted octanol–water partition coefficient (Wildman–Crippen LogP) is 2.94. The molecule has 106 valence electrons. The van der Waals surface area contributed by atoms with E-state index in [1.165, 1.54) is 17.9 Å². The van der Waals surface area contributed by atoms with Crippen LogP contribution < -0.4 is 11.1 Å². The summed E-state index contributed by atoms with van der Waals surface area (Å²) in [4.78, 5) is 4.25. The Balaban J connectivity index is 2.26. The molecule has 3 N–H and O–H groups in total. The topological polar surface area (TPSA) is 50.9 Å². The van der Waals surface area contributed by atoms with E-state index in [-0.39, 0.29) is 0 Å². The summed E-state index contributed by atoms with van der Waals surface area (Å²) in [5.41, 5.74) is 7.23. The standard InChI is InChI=1S/C14H23N3S2/c1-3-11-13(19-9-8-18-11)12(16-4-2)10-6-5-7-17-14(10)15/h5-7,11-13,16H,3-4,8-9H2,1-2H3,(H2,15,17). The predicted molar refractivity (Wildman–Crippen MR) is 87.9 cm³/mol. The molecule has 3 atom stereocenters. The van der Waals surface area contributed by atoms with Gasteiger partial charge in [0.05, 0.1) is 0 Å². The van der Waals surface area contributed by atoms with Gasteiger partial charge in [-0.3, -0.25) is 0 Å². The zero-order chi connectivity index (χ0) is 13.7. The van der Waals surface area contributed by atoms with E-state index in [4.69, 9.17) is 5.73 Å². The summed E-state index contributed by atoms with van der Waals surface area (Å²) in [6, 6.07) is 4.40. The number of nitrogen functional groups attached to an aromatic ring is 1. The first-order valence-corrected chi connectivity index (χ1v) is 9.04. The van der Waals surface area contributed by atoms with Crippen molar-refractivity contribution in [1.82, 2.24) is 10.3 Å². The molecule has 1 aliphatic heterocycles. The summed E-state index contributed by atoms with van der Waals surface area (Å²) in [5.74, 6) is 3.16. The maximum absolute atomic E-state index is 6.08. The molecule has 19 heavy (non-hydrogen) atoms. The summed E-state index contributed by atoms with van der Waals surface area (Å²) in [7, 11) is 0. The highest BCUT2D eigenvalue weighted by Crippen LogP contribution is 2.41. The summed E-state index contributed by atoms with van der Waals surface area (Å²) in [5, 5.41) is 4.90. The molecule has 2 rings (SSSR count). The van der Waals surface area contributed by atoms with Gasteiger partial charge in [-0.1, -0.05) is 19.9 Å². The Morgan fingerprint density at radius 3 is 2.89 bits per heavy atom. The van der Waals surface area contributed by atoms with Crippen molar-refractivity contribution in [2.75, 3.05) is 23.8 Å². The zero-order valence-corrected chi connectivity index (χ0v) is 13.3. The number of aromatic nitrogens is 1. The van der Waals surface area contributed by atoms with Crippen molar-refractivity contribution in [3.8, 4) is 0 Å². The maximum Gasteiger partial charge on any atom is 0.128 e. The fourth-order valence-electron chi connectivity index (χ4n) is 2.56. The highest BCUT2D eigenvalue weighted by atomic mass is 32.2. The van der Waals surface area contributed by atoms with Crippen LogP contribution in [0.5, 0.6) is 0 Å². The highest BCUT2D eigenvalue weighted by molar-refractivity contribution is 8.07. The molecule has 0 aromatic carbocycles. The number of nitrogens with zero attached hydrogens (tertiary/aromatic N) is 1. The van der Waals surface area contributed by atoms with Crippen LogP contribution in [0.15, 0.2) is 18.3 Å². The van der Waals surface area contributed by atoms with E-state index in [0.29, 0.717) is 22.4 Å². The molecule has 1 aromatic heterocycles. The van der Waals surface area contributed by atoms with Crippen LogP contribution in [0.4, 0.5) is 5.82 Å². The van der Waals surface area contributed by atoms with Crippen LogP contribution in [0.1, 0.15) is 31.9 Å². The number of pyridine rings is 1. The van der Waals surface area contributed by atoms with E-state index in [9.17, 15) is 0 Å². The first-order chi connectivity index (χ1) is 9.27. The van der Waals surface area contributed by atoms with E-state index in [0.717, 1.165) is 12.1 Å². The fourth-order valence-corrected chi connectivity index (χ4v) is 5.80. The second-order valence-electron chi connectivity index (χ2n) is 4.67. The summed E-state index contributed by atoms with van der Waals surface area (Å²) >= 11 is 4.18. The average Bonchev–Trinajstić information content (AvgIpc) is 2.46. The van der Waals surface area contributed by atoms with Crippen molar-refractivity contribution < 1.29 is 0 Å². The van der Waals surface area contributed by atoms with Gasteiger partial charge in [-0.25, -0.2) is 4.98 Å². The lowest BCUT2D eigenvalue weighted by molar-refractivity contribution is 0.513. The molecule has 0 saturated carbocycles. The molecule has 1 aromatic rings. The SMILES string of the molecule is CCNC(c1cccnc1N)C1SCCSC1CC. The van der Waals surface area contributed by atoms with Crippen molar-refractivity contribution in [2.45, 2.75) is 36.8 Å². The smallest absolute Gasteiger partial charge is 0.128 e. The number of nitrogens with one attached hydrogen (secondary N) is 1. The molecule has 5 heteroatoms. The summed E-state index contributed by atoms with van der Waals surface area (Å²) < 4.78 is 0. The van der Waals surface area contributed by atoms with Gasteiger partial charge in [0.25, 0.3) is 0 Å². The second-order valence-corrected chi connectivity index (χ2v) is 7.30. The molecule has 0 radical (unpaired) electrons. The third-order valence-electron chi connectivity index (χ3n) is 3.45. The average molecular weight is 297 g/mol. The first-order valence-electron chi connectivity index (χ1n) is 6.94. The van der Waals surface area contributed by atoms with Crippen LogP contribution in [0, 0.1) is 0 Å². The van der Waals surface area contributed by atoms with Gasteiger partial charge in [0.1, 0.15) is 5.82 Å². The Labute approximate surface area is 124 Å². The number of nitrogens with two attached hydrogens (primary N) is 1. The number of rotatable bonds is 5. The second kappa shape index (κ2) is 7.41. The van der Waals surface area contributed by atoms with Crippen LogP contribution in [0.3, 0.4) is 0 Å². The van der Waals surface area contributed by atoms with Crippen LogP contribution in [-0.2, 0) is 0 Å². The Kier molecular flexibility index (Phi) is 5.85. The summed E-state index contributed by atoms with van der Waals surface area (Å²) in [6.45, 7) is 5.39. The molecule has 2 heterocycles. The third kappa shape index (κ3) is 3.58. The summed E-state index contributed by atoms with van der Waals surface area (Å²) in [6.07, 6.45) is 2.98. The van der Waals surface area contributed by atoms with Crippen molar-refractivity contribution in [1.29, 1.82) is 0 Å². The maximum atomic E-state index is 6.08. The van der Waals surface area contributed by atoms with Gasteiger partial charge in [-0.05, 0) is 19.0 Å². The molecule has 0 aliphatic carbocycles. The first kappa shape index (κ1) is 15.0. The van der Waals surface area contributed by atoms with Crippen molar-refractivity contribution >= 4 is 29.3 Å². The van der Waals surface area contributed by atoms with Gasteiger partial charge in [-0.2, -0.15) is 23.5 Å². The number of thioether (sulfide) groups is 2. The molecule has 0 spiro atoms. The minimum Gasteiger partial charge on any atom is -0.383 e. The van der Waals surface area contributed by atoms with Gasteiger partial charge in [0.15, 0.2) is 0 Å². The minimum absolute atomic E-state index is 0.307. The Morgan fingerprint density at radius 1 is 1.42 bits per heavy atom. The number of hydrogen-bond acceptors (Lipinski definition) is 5. The van der Waals surface area contributed by atoms with Crippen LogP contribution in [0.2, 0.25) is 0 Å². The Morgan fingerprint density at radius 2 is 2.21 bits per heavy atom. The van der Waals surface area contributed by atoms with Gasteiger partial charge in [0.2, 0.25) is 0 Å². The molecule has 1 aliphatic rings. The van der Waals surface area contributed by atoms with Crippen molar-refractivity contribution in [3.05, 3.63) is 23.9 Å². The minimum atomic E-state index is 0.307. The van der Waals surface area contributed by atoms with Gasteiger partial charge in [-0.15, -0.1) is 0 Å². The highest BCUT2D eigenvalue weighted by Gasteiger charge is 2.33. The van der Waals surface area contributed by atoms with Gasteiger partial charge in [0, 0.05) is 39.8 Å². The van der Waals surface area contributed by atoms with Crippen molar-refractivity contribution in [3.63, 3.8) is 0 Å². The quantitative estimate of drug-likeness (QED) is 0.875. The van der Waals surface area contributed by atoms with Crippen molar-refractivity contribution in [2.24, 2.45) is 0 Å². The van der Waals surface area contributed by atoms with Gasteiger partial charge < -0.3 is 11.1 Å². The lowest BCUT2D eigenvalue weighted by Gasteiger charge is -2.36. The zero-order valence-electron chi connectivity index (χ0n) is 11.6. The molecular weight excluding hydrogens is 274 g/mol. The van der Waals surface area contributed by atoms with E-state index in [1.54, 1.807) is 6.20 Å². The molecule has 3 nitrogen and oxygen atoms in total. The largest absolute Gasteiger partial charge is 0.383 e. The van der Waals surface area contributed by atoms with E-state index in [1.807, 2.05) is 6.07 Å². The monoisotopic (exact) mass is 297 g/mol. The molecule has 1 fully saturated rings. The lowest BCUT2D eigenvalue weighted by Crippen LogP contribution is -2.39. The Hall–Kier alpha value is -0.390. The number of hydrogen-bond donors (Lipinski definition) is 2. The molecule has 3 unspecified atom stereocenters. The third-order valence-corrected chi connectivity index (χ3v) is 6.80. The molecule has 1 saturated heterocycles. The van der Waals surface area contributed by atoms with Crippen LogP contribution in [-0.4, -0.2) is 33.5 Å². The van der Waals surface area contributed by atoms with Crippen LogP contribution >= 0.6 is 23.5 Å². The number of anilines is 1. The van der Waals surface area contributed by atoms with Crippen LogP contribution in [0.25, 0.3) is 0 Å². The van der Waals surface area contributed by atoms with E-state index in [2.05, 4.69) is 53.7 Å². The Bertz CT molecular complexity index is 400. The molecular formula is C14H23N3S2. The van der Waals surface area contributed by atoms with E-state index < -0.39 is 0 Å².